The van der Waals surface area contributed by atoms with Crippen LogP contribution in [0.1, 0.15) is 32.3 Å². The van der Waals surface area contributed by atoms with Crippen molar-refractivity contribution in [2.24, 2.45) is 0 Å². The predicted molar refractivity (Wildman–Crippen MR) is 161 cm³/mol. The van der Waals surface area contributed by atoms with E-state index in [9.17, 15) is 18.0 Å². The molecule has 0 spiro atoms. The van der Waals surface area contributed by atoms with Crippen LogP contribution in [-0.2, 0) is 26.2 Å². The Morgan fingerprint density at radius 2 is 1.73 bits per heavy atom. The van der Waals surface area contributed by atoms with Crippen LogP contribution in [0.15, 0.2) is 82.2 Å². The lowest BCUT2D eigenvalue weighted by Gasteiger charge is -2.32. The van der Waals surface area contributed by atoms with Crippen molar-refractivity contribution in [1.29, 1.82) is 0 Å². The summed E-state index contributed by atoms with van der Waals surface area (Å²) in [6, 6.07) is 18.8. The Hall–Kier alpha value is -3.08. The summed E-state index contributed by atoms with van der Waals surface area (Å²) < 4.78 is 35.1. The second-order valence-electron chi connectivity index (χ2n) is 9.11. The highest BCUT2D eigenvalue weighted by Crippen LogP contribution is 2.35. The van der Waals surface area contributed by atoms with Gasteiger partial charge in [-0.3, -0.25) is 13.9 Å². The molecule has 3 aromatic rings. The SMILES string of the molecule is CCCCNC(=O)[C@H](C)N(Cc1ccc(Br)cc1)C(=O)CN(c1cc(Cl)ccc1OC)S(=O)(=O)c1ccccc1. The lowest BCUT2D eigenvalue weighted by molar-refractivity contribution is -0.139. The zero-order valence-electron chi connectivity index (χ0n) is 22.6. The molecule has 2 amide bonds. The number of ether oxygens (including phenoxy) is 1. The van der Waals surface area contributed by atoms with Crippen LogP contribution in [0.2, 0.25) is 5.02 Å². The van der Waals surface area contributed by atoms with Gasteiger partial charge in [0.15, 0.2) is 0 Å². The summed E-state index contributed by atoms with van der Waals surface area (Å²) in [5, 5.41) is 3.14. The Morgan fingerprint density at radius 1 is 1.05 bits per heavy atom. The smallest absolute Gasteiger partial charge is 0.264 e. The number of nitrogens with zero attached hydrogens (tertiary/aromatic N) is 2. The maximum atomic E-state index is 14.0. The van der Waals surface area contributed by atoms with Crippen LogP contribution >= 0.6 is 27.5 Å². The molecule has 0 fully saturated rings. The Morgan fingerprint density at radius 3 is 2.35 bits per heavy atom. The Kier molecular flexibility index (Phi) is 11.4. The number of carbonyl (C=O) groups excluding carboxylic acids is 2. The molecule has 0 radical (unpaired) electrons. The normalized spacial score (nSPS) is 11.9. The van der Waals surface area contributed by atoms with Crippen LogP contribution in [0.4, 0.5) is 5.69 Å². The first-order chi connectivity index (χ1) is 19.1. The summed E-state index contributed by atoms with van der Waals surface area (Å²) in [4.78, 5) is 28.4. The van der Waals surface area contributed by atoms with E-state index in [1.807, 2.05) is 31.2 Å². The van der Waals surface area contributed by atoms with E-state index in [4.69, 9.17) is 16.3 Å². The Balaban J connectivity index is 2.05. The van der Waals surface area contributed by atoms with Gasteiger partial charge in [0.2, 0.25) is 11.8 Å². The molecule has 0 heterocycles. The monoisotopic (exact) mass is 649 g/mol. The molecule has 0 aromatic heterocycles. The van der Waals surface area contributed by atoms with E-state index in [0.717, 1.165) is 27.2 Å². The Labute approximate surface area is 249 Å². The highest BCUT2D eigenvalue weighted by Gasteiger charge is 2.33. The van der Waals surface area contributed by atoms with Crippen LogP contribution < -0.4 is 14.4 Å². The van der Waals surface area contributed by atoms with Gasteiger partial charge < -0.3 is 15.0 Å². The van der Waals surface area contributed by atoms with Gasteiger partial charge in [-0.2, -0.15) is 0 Å². The van der Waals surface area contributed by atoms with Crippen LogP contribution in [0.5, 0.6) is 5.75 Å². The maximum absolute atomic E-state index is 14.0. The first-order valence-corrected chi connectivity index (χ1v) is 15.4. The zero-order valence-corrected chi connectivity index (χ0v) is 25.8. The molecule has 0 saturated carbocycles. The second kappa shape index (κ2) is 14.5. The van der Waals surface area contributed by atoms with Crippen molar-refractivity contribution in [1.82, 2.24) is 10.2 Å². The van der Waals surface area contributed by atoms with E-state index in [-0.39, 0.29) is 33.8 Å². The van der Waals surface area contributed by atoms with Crippen LogP contribution in [0, 0.1) is 0 Å². The van der Waals surface area contributed by atoms with Gasteiger partial charge in [-0.05, 0) is 61.4 Å². The molecular weight excluding hydrogens is 618 g/mol. The molecule has 0 aliphatic heterocycles. The molecule has 0 aliphatic rings. The molecule has 40 heavy (non-hydrogen) atoms. The van der Waals surface area contributed by atoms with Crippen LogP contribution in [0.25, 0.3) is 0 Å². The number of hydrogen-bond donors (Lipinski definition) is 1. The number of methoxy groups -OCH3 is 1. The second-order valence-corrected chi connectivity index (χ2v) is 12.3. The van der Waals surface area contributed by atoms with Gasteiger partial charge in [0.1, 0.15) is 18.3 Å². The lowest BCUT2D eigenvalue weighted by atomic mass is 10.1. The van der Waals surface area contributed by atoms with Crippen molar-refractivity contribution < 1.29 is 22.7 Å². The molecule has 0 saturated heterocycles. The van der Waals surface area contributed by atoms with Crippen molar-refractivity contribution in [3.63, 3.8) is 0 Å². The van der Waals surface area contributed by atoms with Crippen molar-refractivity contribution in [2.45, 2.75) is 44.2 Å². The van der Waals surface area contributed by atoms with Crippen molar-refractivity contribution in [3.8, 4) is 5.75 Å². The third-order valence-electron chi connectivity index (χ3n) is 6.28. The van der Waals surface area contributed by atoms with Gasteiger partial charge in [0, 0.05) is 22.6 Å². The van der Waals surface area contributed by atoms with E-state index in [1.165, 1.54) is 30.2 Å². The van der Waals surface area contributed by atoms with E-state index < -0.39 is 28.5 Å². The number of rotatable bonds is 13. The first-order valence-electron chi connectivity index (χ1n) is 12.8. The fourth-order valence-electron chi connectivity index (χ4n) is 4.00. The Bertz CT molecular complexity index is 1400. The topological polar surface area (TPSA) is 96.0 Å². The standard InChI is InChI=1S/C29H33BrClN3O5S/c1-4-5-17-32-29(36)21(2)33(19-22-11-13-23(30)14-12-22)28(35)20-34(26-18-24(31)15-16-27(26)39-3)40(37,38)25-9-7-6-8-10-25/h6-16,18,21H,4-5,17,19-20H2,1-3H3,(H,32,36)/t21-/m0/s1. The number of sulfonamides is 1. The molecule has 3 aromatic carbocycles. The molecule has 8 nitrogen and oxygen atoms in total. The molecule has 0 aliphatic carbocycles. The molecular formula is C29H33BrClN3O5S. The summed E-state index contributed by atoms with van der Waals surface area (Å²) in [7, 11) is -2.83. The highest BCUT2D eigenvalue weighted by molar-refractivity contribution is 9.10. The summed E-state index contributed by atoms with van der Waals surface area (Å²) in [5.74, 6) is -0.666. The van der Waals surface area contributed by atoms with E-state index in [2.05, 4.69) is 21.2 Å². The number of halogens is 2. The summed E-state index contributed by atoms with van der Waals surface area (Å²) in [6.45, 7) is 3.64. The van der Waals surface area contributed by atoms with E-state index >= 15 is 0 Å². The van der Waals surface area contributed by atoms with Crippen molar-refractivity contribution in [3.05, 3.63) is 87.9 Å². The van der Waals surface area contributed by atoms with Gasteiger partial charge in [-0.1, -0.05) is 71.2 Å². The molecule has 0 unspecified atom stereocenters. The molecule has 3 rings (SSSR count). The summed E-state index contributed by atoms with van der Waals surface area (Å²) in [6.07, 6.45) is 1.71. The zero-order chi connectivity index (χ0) is 29.3. The van der Waals surface area contributed by atoms with Gasteiger partial charge >= 0.3 is 0 Å². The summed E-state index contributed by atoms with van der Waals surface area (Å²) in [5.41, 5.74) is 0.887. The van der Waals surface area contributed by atoms with Gasteiger partial charge in [0.05, 0.1) is 17.7 Å². The van der Waals surface area contributed by atoms with Crippen LogP contribution in [-0.4, -0.2) is 51.4 Å². The minimum atomic E-state index is -4.23. The average Bonchev–Trinajstić information content (AvgIpc) is 2.95. The number of nitrogens with one attached hydrogen (secondary N) is 1. The quantitative estimate of drug-likeness (QED) is 0.242. The third-order valence-corrected chi connectivity index (χ3v) is 8.82. The maximum Gasteiger partial charge on any atom is 0.264 e. The largest absolute Gasteiger partial charge is 0.495 e. The number of benzene rings is 3. The fourth-order valence-corrected chi connectivity index (χ4v) is 5.86. The predicted octanol–water partition coefficient (Wildman–Crippen LogP) is 5.64. The van der Waals surface area contributed by atoms with E-state index in [0.29, 0.717) is 6.54 Å². The van der Waals surface area contributed by atoms with Gasteiger partial charge in [0.25, 0.3) is 10.0 Å². The lowest BCUT2D eigenvalue weighted by Crippen LogP contribution is -2.51. The van der Waals surface area contributed by atoms with Crippen molar-refractivity contribution in [2.75, 3.05) is 24.5 Å². The van der Waals surface area contributed by atoms with Gasteiger partial charge in [-0.15, -0.1) is 0 Å². The minimum absolute atomic E-state index is 0.00496. The molecule has 0 bridgehead atoms. The summed E-state index contributed by atoms with van der Waals surface area (Å²) >= 11 is 9.67. The number of unbranched alkanes of at least 4 members (excludes halogenated alkanes) is 1. The molecule has 214 valence electrons. The van der Waals surface area contributed by atoms with Crippen molar-refractivity contribution >= 4 is 55.1 Å². The highest BCUT2D eigenvalue weighted by atomic mass is 79.9. The van der Waals surface area contributed by atoms with Crippen LogP contribution in [0.3, 0.4) is 0 Å². The van der Waals surface area contributed by atoms with Gasteiger partial charge in [-0.25, -0.2) is 8.42 Å². The average molecular weight is 651 g/mol. The first kappa shape index (κ1) is 31.4. The minimum Gasteiger partial charge on any atom is -0.495 e. The van der Waals surface area contributed by atoms with E-state index in [1.54, 1.807) is 37.3 Å². The fraction of sp³-hybridized carbons (Fsp3) is 0.310. The number of anilines is 1. The molecule has 1 atom stereocenters. The molecule has 1 N–H and O–H groups in total. The number of hydrogen-bond acceptors (Lipinski definition) is 5. The number of carbonyl (C=O) groups is 2. The molecule has 11 heteroatoms. The third kappa shape index (κ3) is 7.99. The number of amides is 2.